The number of carbonyl (C=O) groups is 1. The topological polar surface area (TPSA) is 17.1 Å². The molecule has 0 bridgehead atoms. The molecule has 0 radical (unpaired) electrons. The lowest BCUT2D eigenvalue weighted by molar-refractivity contribution is 0.103. The summed E-state index contributed by atoms with van der Waals surface area (Å²) < 4.78 is 13.6. The van der Waals surface area contributed by atoms with Gasteiger partial charge in [0.2, 0.25) is 0 Å². The number of aryl methyl sites for hydroxylation is 2. The second kappa shape index (κ2) is 4.50. The molecule has 0 aliphatic carbocycles. The van der Waals surface area contributed by atoms with Gasteiger partial charge in [0, 0.05) is 5.56 Å². The number of halogens is 1. The van der Waals surface area contributed by atoms with Crippen molar-refractivity contribution < 1.29 is 9.18 Å². The van der Waals surface area contributed by atoms with Crippen LogP contribution in [0.3, 0.4) is 0 Å². The van der Waals surface area contributed by atoms with Crippen LogP contribution in [0.25, 0.3) is 0 Å². The maximum atomic E-state index is 13.6. The Morgan fingerprint density at radius 1 is 0.941 bits per heavy atom. The van der Waals surface area contributed by atoms with Crippen LogP contribution in [0.2, 0.25) is 0 Å². The molecule has 0 amide bonds. The molecule has 0 atom stereocenters. The molecule has 86 valence electrons. The van der Waals surface area contributed by atoms with E-state index in [4.69, 9.17) is 0 Å². The second-order valence-electron chi connectivity index (χ2n) is 4.18. The van der Waals surface area contributed by atoms with Gasteiger partial charge in [-0.1, -0.05) is 35.9 Å². The van der Waals surface area contributed by atoms with Crippen molar-refractivity contribution in [2.45, 2.75) is 13.8 Å². The third-order valence-corrected chi connectivity index (χ3v) is 2.68. The smallest absolute Gasteiger partial charge is 0.195 e. The molecule has 17 heavy (non-hydrogen) atoms. The van der Waals surface area contributed by atoms with Crippen molar-refractivity contribution in [1.29, 1.82) is 0 Å². The van der Waals surface area contributed by atoms with E-state index in [0.717, 1.165) is 11.1 Å². The molecule has 2 aromatic rings. The van der Waals surface area contributed by atoms with Gasteiger partial charge >= 0.3 is 0 Å². The lowest BCUT2D eigenvalue weighted by Crippen LogP contribution is -2.04. The molecule has 2 heteroatoms. The van der Waals surface area contributed by atoms with Crippen LogP contribution in [0, 0.1) is 19.7 Å². The Morgan fingerprint density at radius 3 is 2.12 bits per heavy atom. The van der Waals surface area contributed by atoms with Crippen molar-refractivity contribution in [2.24, 2.45) is 0 Å². The highest BCUT2D eigenvalue weighted by Crippen LogP contribution is 2.15. The first-order valence-corrected chi connectivity index (χ1v) is 5.45. The van der Waals surface area contributed by atoms with Crippen molar-refractivity contribution in [3.8, 4) is 0 Å². The first kappa shape index (κ1) is 11.5. The fourth-order valence-corrected chi connectivity index (χ4v) is 1.66. The van der Waals surface area contributed by atoms with Gasteiger partial charge in [0.15, 0.2) is 5.78 Å². The van der Waals surface area contributed by atoms with Crippen LogP contribution in [0.1, 0.15) is 27.0 Å². The van der Waals surface area contributed by atoms with Gasteiger partial charge in [-0.2, -0.15) is 0 Å². The molecule has 0 saturated heterocycles. The Balaban J connectivity index is 2.40. The zero-order chi connectivity index (χ0) is 12.4. The molecule has 0 unspecified atom stereocenters. The molecule has 0 N–H and O–H groups in total. The zero-order valence-corrected chi connectivity index (χ0v) is 9.83. The summed E-state index contributed by atoms with van der Waals surface area (Å²) in [7, 11) is 0. The predicted octanol–water partition coefficient (Wildman–Crippen LogP) is 3.67. The number of carbonyl (C=O) groups excluding carboxylic acids is 1. The van der Waals surface area contributed by atoms with E-state index >= 15 is 0 Å². The third-order valence-electron chi connectivity index (χ3n) is 2.68. The fraction of sp³-hybridized carbons (Fsp3) is 0.133. The summed E-state index contributed by atoms with van der Waals surface area (Å²) in [6.07, 6.45) is 0. The van der Waals surface area contributed by atoms with E-state index in [0.29, 0.717) is 5.56 Å². The second-order valence-corrected chi connectivity index (χ2v) is 4.18. The van der Waals surface area contributed by atoms with Gasteiger partial charge in [0.05, 0.1) is 5.56 Å². The molecule has 0 heterocycles. The summed E-state index contributed by atoms with van der Waals surface area (Å²) in [4.78, 5) is 12.0. The summed E-state index contributed by atoms with van der Waals surface area (Å²) in [6.45, 7) is 3.74. The molecule has 2 rings (SSSR count). The standard InChI is InChI=1S/C15H13FO/c1-10-3-6-12(7-4-10)15(17)13-8-5-11(2)9-14(13)16/h3-9H,1-2H3. The van der Waals surface area contributed by atoms with Crippen LogP contribution >= 0.6 is 0 Å². The van der Waals surface area contributed by atoms with Crippen LogP contribution in [0.5, 0.6) is 0 Å². The van der Waals surface area contributed by atoms with Gasteiger partial charge < -0.3 is 0 Å². The van der Waals surface area contributed by atoms with Crippen LogP contribution in [-0.4, -0.2) is 5.78 Å². The van der Waals surface area contributed by atoms with Crippen LogP contribution in [-0.2, 0) is 0 Å². The number of rotatable bonds is 2. The van der Waals surface area contributed by atoms with Gasteiger partial charge in [-0.3, -0.25) is 4.79 Å². The molecule has 0 fully saturated rings. The van der Waals surface area contributed by atoms with Gasteiger partial charge in [-0.05, 0) is 31.5 Å². The normalized spacial score (nSPS) is 10.3. The van der Waals surface area contributed by atoms with Gasteiger partial charge in [-0.15, -0.1) is 0 Å². The number of benzene rings is 2. The highest BCUT2D eigenvalue weighted by Gasteiger charge is 2.13. The lowest BCUT2D eigenvalue weighted by atomic mass is 10.0. The summed E-state index contributed by atoms with van der Waals surface area (Å²) in [5.41, 5.74) is 2.52. The zero-order valence-electron chi connectivity index (χ0n) is 9.83. The van der Waals surface area contributed by atoms with E-state index in [1.165, 1.54) is 12.1 Å². The molecule has 0 aliphatic rings. The van der Waals surface area contributed by atoms with E-state index in [1.807, 2.05) is 19.1 Å². The Kier molecular flexibility index (Phi) is 3.05. The van der Waals surface area contributed by atoms with Crippen molar-refractivity contribution in [3.63, 3.8) is 0 Å². The van der Waals surface area contributed by atoms with Crippen molar-refractivity contribution in [3.05, 3.63) is 70.5 Å². The number of hydrogen-bond donors (Lipinski definition) is 0. The molecular formula is C15H13FO. The predicted molar refractivity (Wildman–Crippen MR) is 65.7 cm³/mol. The van der Waals surface area contributed by atoms with Crippen molar-refractivity contribution in [1.82, 2.24) is 0 Å². The molecule has 0 spiro atoms. The minimum Gasteiger partial charge on any atom is -0.288 e. The average Bonchev–Trinajstić information content (AvgIpc) is 2.29. The summed E-state index contributed by atoms with van der Waals surface area (Å²) >= 11 is 0. The van der Waals surface area contributed by atoms with Gasteiger partial charge in [-0.25, -0.2) is 4.39 Å². The minimum absolute atomic E-state index is 0.124. The fourth-order valence-electron chi connectivity index (χ4n) is 1.66. The largest absolute Gasteiger partial charge is 0.288 e. The summed E-state index contributed by atoms with van der Waals surface area (Å²) in [5.74, 6) is -0.738. The quantitative estimate of drug-likeness (QED) is 0.717. The van der Waals surface area contributed by atoms with E-state index in [-0.39, 0.29) is 11.3 Å². The Morgan fingerprint density at radius 2 is 1.53 bits per heavy atom. The Hall–Kier alpha value is -1.96. The molecule has 0 aromatic heterocycles. The van der Waals surface area contributed by atoms with E-state index < -0.39 is 5.82 Å². The highest BCUT2D eigenvalue weighted by molar-refractivity contribution is 6.09. The molecule has 0 saturated carbocycles. The van der Waals surface area contributed by atoms with Crippen LogP contribution in [0.4, 0.5) is 4.39 Å². The monoisotopic (exact) mass is 228 g/mol. The van der Waals surface area contributed by atoms with E-state index in [9.17, 15) is 9.18 Å². The van der Waals surface area contributed by atoms with Crippen molar-refractivity contribution in [2.75, 3.05) is 0 Å². The van der Waals surface area contributed by atoms with Crippen LogP contribution in [0.15, 0.2) is 42.5 Å². The Labute approximate surface area is 99.9 Å². The summed E-state index contributed by atoms with van der Waals surface area (Å²) in [6, 6.07) is 11.8. The maximum Gasteiger partial charge on any atom is 0.195 e. The maximum absolute atomic E-state index is 13.6. The van der Waals surface area contributed by atoms with E-state index in [2.05, 4.69) is 0 Å². The van der Waals surface area contributed by atoms with Gasteiger partial charge in [0.1, 0.15) is 5.82 Å². The molecule has 0 aliphatic heterocycles. The molecular weight excluding hydrogens is 215 g/mol. The number of hydrogen-bond acceptors (Lipinski definition) is 1. The summed E-state index contributed by atoms with van der Waals surface area (Å²) in [5, 5.41) is 0. The minimum atomic E-state index is -0.462. The molecule has 1 nitrogen and oxygen atoms in total. The lowest BCUT2D eigenvalue weighted by Gasteiger charge is -2.04. The SMILES string of the molecule is Cc1ccc(C(=O)c2ccc(C)cc2F)cc1. The number of ketones is 1. The molecule has 2 aromatic carbocycles. The van der Waals surface area contributed by atoms with Gasteiger partial charge in [0.25, 0.3) is 0 Å². The average molecular weight is 228 g/mol. The third kappa shape index (κ3) is 2.41. The first-order chi connectivity index (χ1) is 8.08. The Bertz CT molecular complexity index is 556. The highest BCUT2D eigenvalue weighted by atomic mass is 19.1. The van der Waals surface area contributed by atoms with E-state index in [1.54, 1.807) is 25.1 Å². The van der Waals surface area contributed by atoms with Crippen molar-refractivity contribution >= 4 is 5.78 Å². The van der Waals surface area contributed by atoms with Crippen LogP contribution < -0.4 is 0 Å². The first-order valence-electron chi connectivity index (χ1n) is 5.45.